The fraction of sp³-hybridized carbons (Fsp3) is 0.545. The number of nitrogens with zero attached hydrogens (tertiary/aromatic N) is 5. The minimum absolute atomic E-state index is 0.615. The summed E-state index contributed by atoms with van der Waals surface area (Å²) in [5.74, 6) is 1.68. The highest BCUT2D eigenvalue weighted by Gasteiger charge is 2.24. The summed E-state index contributed by atoms with van der Waals surface area (Å²) >= 11 is 3.51. The van der Waals surface area contributed by atoms with E-state index in [2.05, 4.69) is 35.4 Å². The summed E-state index contributed by atoms with van der Waals surface area (Å²) in [7, 11) is 0. The Hall–Kier alpha value is -1.73. The van der Waals surface area contributed by atoms with Gasteiger partial charge in [0.25, 0.3) is 0 Å². The van der Waals surface area contributed by atoms with E-state index in [1.807, 2.05) is 6.33 Å². The number of thioether (sulfide) groups is 1. The molecule has 4 heterocycles. The van der Waals surface area contributed by atoms with Crippen LogP contribution in [-0.4, -0.2) is 30.3 Å². The predicted octanol–water partition coefficient (Wildman–Crippen LogP) is 5.86. The Morgan fingerprint density at radius 1 is 1.17 bits per heavy atom. The van der Waals surface area contributed by atoms with Gasteiger partial charge in [0.05, 0.1) is 5.52 Å². The normalized spacial score (nSPS) is 14.5. The first kappa shape index (κ1) is 19.2. The van der Waals surface area contributed by atoms with Gasteiger partial charge in [-0.3, -0.25) is 4.40 Å². The van der Waals surface area contributed by atoms with Gasteiger partial charge in [-0.15, -0.1) is 21.5 Å². The average molecular weight is 426 g/mol. The molecule has 0 N–H and O–H groups in total. The first-order chi connectivity index (χ1) is 14.2. The molecule has 0 bridgehead atoms. The summed E-state index contributed by atoms with van der Waals surface area (Å²) in [6.45, 7) is 6.78. The molecule has 152 valence electrons. The molecule has 0 saturated heterocycles. The van der Waals surface area contributed by atoms with E-state index in [0.717, 1.165) is 50.9 Å². The molecular weight excluding hydrogens is 398 g/mol. The van der Waals surface area contributed by atoms with Gasteiger partial charge in [0.15, 0.2) is 10.8 Å². The van der Waals surface area contributed by atoms with Crippen LogP contribution < -0.4 is 0 Å². The molecule has 0 aromatic carbocycles. The second-order valence-corrected chi connectivity index (χ2v) is 10.5. The van der Waals surface area contributed by atoms with E-state index >= 15 is 0 Å². The molecule has 1 aliphatic carbocycles. The number of aromatic nitrogens is 5. The molecule has 4 aromatic rings. The van der Waals surface area contributed by atoms with Crippen LogP contribution in [0.5, 0.6) is 0 Å². The van der Waals surface area contributed by atoms with Crippen LogP contribution >= 0.6 is 23.1 Å². The van der Waals surface area contributed by atoms with Crippen LogP contribution in [0, 0.1) is 5.92 Å². The van der Waals surface area contributed by atoms with Crippen LogP contribution in [0.1, 0.15) is 63.3 Å². The number of rotatable bonds is 6. The lowest BCUT2D eigenvalue weighted by Crippen LogP contribution is -2.11. The van der Waals surface area contributed by atoms with Gasteiger partial charge in [-0.1, -0.05) is 39.0 Å². The van der Waals surface area contributed by atoms with E-state index in [1.54, 1.807) is 23.1 Å². The van der Waals surface area contributed by atoms with Crippen LogP contribution in [0.2, 0.25) is 0 Å². The molecule has 0 fully saturated rings. The molecule has 5 rings (SSSR count). The standard InChI is InChI=1S/C22H27N5S2/c1-4-5-10-28-22-26-25-20-19-18(23-12-27(20)22)17-15-9-7-6-8-14(15)16(11-13(2)3)24-21(17)29-19/h12-13H,4-11H2,1-3H3. The van der Waals surface area contributed by atoms with Gasteiger partial charge in [0, 0.05) is 16.8 Å². The van der Waals surface area contributed by atoms with Crippen molar-refractivity contribution in [1.82, 2.24) is 24.6 Å². The van der Waals surface area contributed by atoms with Crippen molar-refractivity contribution in [3.8, 4) is 0 Å². The molecule has 0 amide bonds. The number of hydrogen-bond acceptors (Lipinski definition) is 6. The fourth-order valence-corrected chi connectivity index (χ4v) is 6.48. The number of hydrogen-bond donors (Lipinski definition) is 0. The van der Waals surface area contributed by atoms with Gasteiger partial charge in [0.2, 0.25) is 0 Å². The SMILES string of the molecule is CCCCSc1nnc2c3sc4nc(CC(C)C)c5c(c4c3ncn12)CCCC5. The van der Waals surface area contributed by atoms with Crippen LogP contribution in [0.15, 0.2) is 11.5 Å². The highest BCUT2D eigenvalue weighted by Crippen LogP contribution is 2.40. The predicted molar refractivity (Wildman–Crippen MR) is 122 cm³/mol. The van der Waals surface area contributed by atoms with Gasteiger partial charge in [-0.2, -0.15) is 0 Å². The monoisotopic (exact) mass is 425 g/mol. The molecule has 1 aliphatic rings. The molecule has 5 nitrogen and oxygen atoms in total. The topological polar surface area (TPSA) is 56.0 Å². The number of pyridine rings is 1. The Balaban J connectivity index is 1.71. The van der Waals surface area contributed by atoms with Crippen LogP contribution in [0.4, 0.5) is 0 Å². The van der Waals surface area contributed by atoms with E-state index in [9.17, 15) is 0 Å². The van der Waals surface area contributed by atoms with E-state index in [-0.39, 0.29) is 0 Å². The van der Waals surface area contributed by atoms with Crippen molar-refractivity contribution < 1.29 is 0 Å². The first-order valence-corrected chi connectivity index (χ1v) is 12.6. The number of unbranched alkanes of at least 4 members (excludes halogenated alkanes) is 1. The largest absolute Gasteiger partial charge is 0.259 e. The Morgan fingerprint density at radius 2 is 2.00 bits per heavy atom. The molecule has 0 aliphatic heterocycles. The Morgan fingerprint density at radius 3 is 2.79 bits per heavy atom. The van der Waals surface area contributed by atoms with Crippen LogP contribution in [0.3, 0.4) is 0 Å². The summed E-state index contributed by atoms with van der Waals surface area (Å²) < 4.78 is 3.18. The second kappa shape index (κ2) is 7.84. The van der Waals surface area contributed by atoms with Gasteiger partial charge < -0.3 is 0 Å². The molecular formula is C22H27N5S2. The third-order valence-corrected chi connectivity index (χ3v) is 7.82. The molecule has 0 unspecified atom stereocenters. The molecule has 7 heteroatoms. The van der Waals surface area contributed by atoms with Crippen molar-refractivity contribution in [3.63, 3.8) is 0 Å². The van der Waals surface area contributed by atoms with Gasteiger partial charge in [-0.25, -0.2) is 9.97 Å². The molecule has 0 radical (unpaired) electrons. The van der Waals surface area contributed by atoms with Crippen molar-refractivity contribution in [1.29, 1.82) is 0 Å². The lowest BCUT2D eigenvalue weighted by Gasteiger charge is -2.20. The van der Waals surface area contributed by atoms with Gasteiger partial charge >= 0.3 is 0 Å². The van der Waals surface area contributed by atoms with Gasteiger partial charge in [-0.05, 0) is 55.6 Å². The van der Waals surface area contributed by atoms with E-state index in [0.29, 0.717) is 5.92 Å². The first-order valence-electron chi connectivity index (χ1n) is 10.8. The van der Waals surface area contributed by atoms with Crippen LogP contribution in [0.25, 0.3) is 26.1 Å². The van der Waals surface area contributed by atoms with E-state index in [1.165, 1.54) is 47.9 Å². The summed E-state index contributed by atoms with van der Waals surface area (Å²) in [6, 6.07) is 0. The maximum absolute atomic E-state index is 5.16. The minimum atomic E-state index is 0.615. The highest BCUT2D eigenvalue weighted by molar-refractivity contribution is 7.99. The zero-order chi connectivity index (χ0) is 20.0. The summed E-state index contributed by atoms with van der Waals surface area (Å²) in [5.41, 5.74) is 6.29. The molecule has 0 saturated carbocycles. The Bertz CT molecular complexity index is 1190. The zero-order valence-electron chi connectivity index (χ0n) is 17.4. The summed E-state index contributed by atoms with van der Waals surface area (Å²) in [4.78, 5) is 11.2. The maximum atomic E-state index is 5.16. The lowest BCUT2D eigenvalue weighted by atomic mass is 9.87. The highest BCUT2D eigenvalue weighted by atomic mass is 32.2. The van der Waals surface area contributed by atoms with Crippen molar-refractivity contribution in [2.45, 2.75) is 70.9 Å². The maximum Gasteiger partial charge on any atom is 0.196 e. The summed E-state index contributed by atoms with van der Waals surface area (Å²) in [5, 5.41) is 11.2. The van der Waals surface area contributed by atoms with E-state index in [4.69, 9.17) is 9.97 Å². The average Bonchev–Trinajstić information content (AvgIpc) is 3.29. The number of fused-ring (bicyclic) bond motifs is 7. The van der Waals surface area contributed by atoms with Crippen LogP contribution in [-0.2, 0) is 19.3 Å². The smallest absolute Gasteiger partial charge is 0.196 e. The van der Waals surface area contributed by atoms with Crippen molar-refractivity contribution in [3.05, 3.63) is 23.1 Å². The Labute approximate surface area is 179 Å². The zero-order valence-corrected chi connectivity index (χ0v) is 19.0. The fourth-order valence-electron chi connectivity index (χ4n) is 4.34. The second-order valence-electron chi connectivity index (χ2n) is 8.40. The molecule has 0 atom stereocenters. The Kier molecular flexibility index (Phi) is 5.20. The third kappa shape index (κ3) is 3.32. The van der Waals surface area contributed by atoms with Crippen molar-refractivity contribution in [2.24, 2.45) is 5.92 Å². The third-order valence-electron chi connectivity index (χ3n) is 5.72. The lowest BCUT2D eigenvalue weighted by molar-refractivity contribution is 0.615. The van der Waals surface area contributed by atoms with Crippen molar-refractivity contribution in [2.75, 3.05) is 5.75 Å². The molecule has 4 aromatic heterocycles. The quantitative estimate of drug-likeness (QED) is 0.286. The minimum Gasteiger partial charge on any atom is -0.259 e. The molecule has 29 heavy (non-hydrogen) atoms. The van der Waals surface area contributed by atoms with Gasteiger partial charge in [0.1, 0.15) is 15.9 Å². The van der Waals surface area contributed by atoms with E-state index < -0.39 is 0 Å². The number of thiophene rings is 1. The van der Waals surface area contributed by atoms with Crippen molar-refractivity contribution >= 4 is 49.2 Å². The summed E-state index contributed by atoms with van der Waals surface area (Å²) in [6.07, 6.45) is 10.2. The molecule has 0 spiro atoms. The number of aryl methyl sites for hydroxylation is 1.